The van der Waals surface area contributed by atoms with E-state index in [0.717, 1.165) is 11.3 Å². The van der Waals surface area contributed by atoms with Crippen molar-refractivity contribution in [2.24, 2.45) is 0 Å². The van der Waals surface area contributed by atoms with Gasteiger partial charge >= 0.3 is 0 Å². The molecule has 5 nitrogen and oxygen atoms in total. The standard InChI is InChI=1S/C12H16N4O/c1-8(2)15-7-9-6-11(17-16-9)10-4-3-5-14-12(10)13/h3-6,8,15H,7H2,1-2H3,(H2,13,14). The molecule has 0 aliphatic rings. The van der Waals surface area contributed by atoms with E-state index < -0.39 is 0 Å². The van der Waals surface area contributed by atoms with Gasteiger partial charge in [0.25, 0.3) is 0 Å². The van der Waals surface area contributed by atoms with Gasteiger partial charge in [-0.25, -0.2) is 4.98 Å². The van der Waals surface area contributed by atoms with Crippen LogP contribution in [0.15, 0.2) is 28.9 Å². The Kier molecular flexibility index (Phi) is 3.39. The third kappa shape index (κ3) is 2.82. The van der Waals surface area contributed by atoms with Gasteiger partial charge in [0.2, 0.25) is 0 Å². The Morgan fingerprint density at radius 3 is 3.00 bits per heavy atom. The molecule has 5 heteroatoms. The van der Waals surface area contributed by atoms with Crippen LogP contribution in [0.2, 0.25) is 0 Å². The molecule has 2 heterocycles. The van der Waals surface area contributed by atoms with Crippen molar-refractivity contribution in [3.8, 4) is 11.3 Å². The van der Waals surface area contributed by atoms with Gasteiger partial charge in [-0.2, -0.15) is 0 Å². The molecule has 17 heavy (non-hydrogen) atoms. The summed E-state index contributed by atoms with van der Waals surface area (Å²) in [4.78, 5) is 4.01. The molecule has 0 radical (unpaired) electrons. The molecular formula is C12H16N4O. The zero-order valence-electron chi connectivity index (χ0n) is 9.97. The average molecular weight is 232 g/mol. The molecule has 0 bridgehead atoms. The second-order valence-corrected chi connectivity index (χ2v) is 4.15. The number of nitrogens with one attached hydrogen (secondary N) is 1. The summed E-state index contributed by atoms with van der Waals surface area (Å²) in [5.41, 5.74) is 7.40. The highest BCUT2D eigenvalue weighted by molar-refractivity contribution is 5.69. The van der Waals surface area contributed by atoms with Crippen molar-refractivity contribution in [2.75, 3.05) is 5.73 Å². The molecule has 0 amide bonds. The van der Waals surface area contributed by atoms with Gasteiger partial charge in [0.1, 0.15) is 5.82 Å². The SMILES string of the molecule is CC(C)NCc1cc(-c2cccnc2N)on1. The quantitative estimate of drug-likeness (QED) is 0.840. The van der Waals surface area contributed by atoms with E-state index in [9.17, 15) is 0 Å². The number of nitrogens with two attached hydrogens (primary N) is 1. The van der Waals surface area contributed by atoms with Gasteiger partial charge < -0.3 is 15.6 Å². The normalized spacial score (nSPS) is 11.0. The maximum absolute atomic E-state index is 5.77. The maximum atomic E-state index is 5.77. The first-order valence-electron chi connectivity index (χ1n) is 5.56. The molecular weight excluding hydrogens is 216 g/mol. The second-order valence-electron chi connectivity index (χ2n) is 4.15. The highest BCUT2D eigenvalue weighted by atomic mass is 16.5. The van der Waals surface area contributed by atoms with Crippen molar-refractivity contribution in [2.45, 2.75) is 26.4 Å². The van der Waals surface area contributed by atoms with Crippen LogP contribution in [-0.2, 0) is 6.54 Å². The van der Waals surface area contributed by atoms with E-state index >= 15 is 0 Å². The number of nitrogens with zero attached hydrogens (tertiary/aromatic N) is 2. The molecule has 0 fully saturated rings. The fourth-order valence-electron chi connectivity index (χ4n) is 1.46. The summed E-state index contributed by atoms with van der Waals surface area (Å²) < 4.78 is 5.25. The summed E-state index contributed by atoms with van der Waals surface area (Å²) in [6.45, 7) is 4.85. The summed E-state index contributed by atoms with van der Waals surface area (Å²) in [7, 11) is 0. The highest BCUT2D eigenvalue weighted by Crippen LogP contribution is 2.24. The Morgan fingerprint density at radius 1 is 1.47 bits per heavy atom. The predicted octanol–water partition coefficient (Wildman–Crippen LogP) is 1.82. The third-order valence-electron chi connectivity index (χ3n) is 2.35. The molecule has 0 aliphatic carbocycles. The molecule has 0 saturated carbocycles. The van der Waals surface area contributed by atoms with Gasteiger partial charge in [-0.1, -0.05) is 19.0 Å². The minimum absolute atomic E-state index is 0.415. The van der Waals surface area contributed by atoms with Gasteiger partial charge in [0, 0.05) is 24.8 Å². The van der Waals surface area contributed by atoms with Crippen LogP contribution in [0.1, 0.15) is 19.5 Å². The van der Waals surface area contributed by atoms with E-state index in [2.05, 4.69) is 29.3 Å². The lowest BCUT2D eigenvalue weighted by Gasteiger charge is -2.03. The molecule has 2 rings (SSSR count). The van der Waals surface area contributed by atoms with E-state index in [1.807, 2.05) is 18.2 Å². The first kappa shape index (κ1) is 11.6. The second kappa shape index (κ2) is 4.97. The molecule has 2 aromatic heterocycles. The zero-order chi connectivity index (χ0) is 12.3. The van der Waals surface area contributed by atoms with Crippen LogP contribution < -0.4 is 11.1 Å². The monoisotopic (exact) mass is 232 g/mol. The van der Waals surface area contributed by atoms with Gasteiger partial charge in [-0.3, -0.25) is 0 Å². The number of anilines is 1. The molecule has 0 saturated heterocycles. The van der Waals surface area contributed by atoms with Crippen molar-refractivity contribution in [1.29, 1.82) is 0 Å². The van der Waals surface area contributed by atoms with Gasteiger partial charge in [0.05, 0.1) is 11.3 Å². The summed E-state index contributed by atoms with van der Waals surface area (Å²) in [6.07, 6.45) is 1.65. The predicted molar refractivity (Wildman–Crippen MR) is 66.1 cm³/mol. The molecule has 0 aliphatic heterocycles. The van der Waals surface area contributed by atoms with Crippen LogP contribution in [0, 0.1) is 0 Å². The van der Waals surface area contributed by atoms with E-state index in [4.69, 9.17) is 10.3 Å². The number of pyridine rings is 1. The minimum Gasteiger partial charge on any atom is -0.383 e. The Labute approximate surface area is 100 Å². The van der Waals surface area contributed by atoms with Crippen LogP contribution in [0.25, 0.3) is 11.3 Å². The number of rotatable bonds is 4. The summed E-state index contributed by atoms with van der Waals surface area (Å²) in [6, 6.07) is 5.98. The molecule has 0 aromatic carbocycles. The minimum atomic E-state index is 0.415. The van der Waals surface area contributed by atoms with Crippen molar-refractivity contribution < 1.29 is 4.52 Å². The van der Waals surface area contributed by atoms with Crippen LogP contribution in [0.4, 0.5) is 5.82 Å². The molecule has 2 aromatic rings. The van der Waals surface area contributed by atoms with Gasteiger partial charge in [-0.15, -0.1) is 0 Å². The van der Waals surface area contributed by atoms with Gasteiger partial charge in [-0.05, 0) is 12.1 Å². The van der Waals surface area contributed by atoms with Crippen LogP contribution in [0.5, 0.6) is 0 Å². The smallest absolute Gasteiger partial charge is 0.170 e. The maximum Gasteiger partial charge on any atom is 0.170 e. The molecule has 90 valence electrons. The van der Waals surface area contributed by atoms with Crippen molar-refractivity contribution in [1.82, 2.24) is 15.5 Å². The number of aromatic nitrogens is 2. The lowest BCUT2D eigenvalue weighted by Crippen LogP contribution is -2.21. The van der Waals surface area contributed by atoms with Crippen molar-refractivity contribution in [3.63, 3.8) is 0 Å². The number of hydrogen-bond donors (Lipinski definition) is 2. The molecule has 0 unspecified atom stereocenters. The molecule has 0 atom stereocenters. The molecule has 3 N–H and O–H groups in total. The van der Waals surface area contributed by atoms with E-state index in [1.54, 1.807) is 6.20 Å². The van der Waals surface area contributed by atoms with Crippen molar-refractivity contribution >= 4 is 5.82 Å². The van der Waals surface area contributed by atoms with Gasteiger partial charge in [0.15, 0.2) is 5.76 Å². The number of hydrogen-bond acceptors (Lipinski definition) is 5. The lowest BCUT2D eigenvalue weighted by atomic mass is 10.2. The Hall–Kier alpha value is -1.88. The van der Waals surface area contributed by atoms with E-state index in [-0.39, 0.29) is 0 Å². The third-order valence-corrected chi connectivity index (χ3v) is 2.35. The summed E-state index contributed by atoms with van der Waals surface area (Å²) in [5, 5.41) is 7.26. The van der Waals surface area contributed by atoms with Crippen LogP contribution in [-0.4, -0.2) is 16.2 Å². The largest absolute Gasteiger partial charge is 0.383 e. The lowest BCUT2D eigenvalue weighted by molar-refractivity contribution is 0.417. The van der Waals surface area contributed by atoms with Crippen LogP contribution >= 0.6 is 0 Å². The first-order chi connectivity index (χ1) is 8.16. The number of nitrogen functional groups attached to an aromatic ring is 1. The zero-order valence-corrected chi connectivity index (χ0v) is 9.97. The topological polar surface area (TPSA) is 77.0 Å². The Balaban J connectivity index is 2.16. The van der Waals surface area contributed by atoms with Crippen LogP contribution in [0.3, 0.4) is 0 Å². The van der Waals surface area contributed by atoms with E-state index in [1.165, 1.54) is 0 Å². The van der Waals surface area contributed by atoms with Crippen molar-refractivity contribution in [3.05, 3.63) is 30.1 Å². The summed E-state index contributed by atoms with van der Waals surface area (Å²) >= 11 is 0. The highest BCUT2D eigenvalue weighted by Gasteiger charge is 2.09. The Bertz CT molecular complexity index is 493. The fourth-order valence-corrected chi connectivity index (χ4v) is 1.46. The average Bonchev–Trinajstić information content (AvgIpc) is 2.75. The first-order valence-corrected chi connectivity index (χ1v) is 5.56. The van der Waals surface area contributed by atoms with E-state index in [0.29, 0.717) is 24.2 Å². The fraction of sp³-hybridized carbons (Fsp3) is 0.333. The summed E-state index contributed by atoms with van der Waals surface area (Å²) in [5.74, 6) is 1.10. The Morgan fingerprint density at radius 2 is 2.29 bits per heavy atom. The molecule has 0 spiro atoms.